The Balaban J connectivity index is 2.72. The van der Waals surface area contributed by atoms with Gasteiger partial charge in [0.25, 0.3) is 5.79 Å². The Hall–Kier alpha value is -1.31. The zero-order valence-electron chi connectivity index (χ0n) is 8.04. The molecule has 1 saturated heterocycles. The summed E-state index contributed by atoms with van der Waals surface area (Å²) in [4.78, 5) is 10.8. The third-order valence-electron chi connectivity index (χ3n) is 1.71. The predicted octanol–water partition coefficient (Wildman–Crippen LogP) is 0.482. The number of hydrogen-bond donors (Lipinski definition) is 0. The van der Waals surface area contributed by atoms with Crippen molar-refractivity contribution < 1.29 is 19.0 Å². The molecule has 0 aromatic heterocycles. The van der Waals surface area contributed by atoms with Crippen LogP contribution in [-0.2, 0) is 19.0 Å². The minimum absolute atomic E-state index is 0.544. The molecule has 0 aliphatic carbocycles. The molecule has 0 aromatic carbocycles. The van der Waals surface area contributed by atoms with Gasteiger partial charge in [-0.2, -0.15) is 0 Å². The number of ether oxygens (including phenoxy) is 3. The van der Waals surface area contributed by atoms with Crippen LogP contribution < -0.4 is 0 Å². The summed E-state index contributed by atoms with van der Waals surface area (Å²) >= 11 is 0. The maximum Gasteiger partial charge on any atom is 0.384 e. The van der Waals surface area contributed by atoms with Gasteiger partial charge in [0.1, 0.15) is 0 Å². The first kappa shape index (κ1) is 10.8. The van der Waals surface area contributed by atoms with Crippen molar-refractivity contribution in [1.82, 2.24) is 0 Å². The first-order valence-corrected chi connectivity index (χ1v) is 4.25. The second kappa shape index (κ2) is 4.80. The average molecular weight is 196 g/mol. The average Bonchev–Trinajstić information content (AvgIpc) is 2.27. The lowest BCUT2D eigenvalue weighted by molar-refractivity contribution is -0.199. The molecule has 0 bridgehead atoms. The standard InChI is InChI=1S/C10H12O4/c1-3-10(6-5-9(11)12-2)13-7-4-8-14-10/h3H,1,4,7-8H2,2H3. The van der Waals surface area contributed by atoms with Crippen LogP contribution in [0.5, 0.6) is 0 Å². The molecule has 0 saturated carbocycles. The summed E-state index contributed by atoms with van der Waals surface area (Å²) in [6.07, 6.45) is 2.25. The van der Waals surface area contributed by atoms with E-state index in [4.69, 9.17) is 9.47 Å². The van der Waals surface area contributed by atoms with E-state index in [2.05, 4.69) is 23.2 Å². The maximum absolute atomic E-state index is 10.8. The van der Waals surface area contributed by atoms with Crippen molar-refractivity contribution >= 4 is 5.97 Å². The van der Waals surface area contributed by atoms with Crippen LogP contribution in [-0.4, -0.2) is 32.1 Å². The molecule has 76 valence electrons. The normalized spacial score (nSPS) is 18.9. The van der Waals surface area contributed by atoms with Crippen LogP contribution in [0.4, 0.5) is 0 Å². The molecule has 0 spiro atoms. The van der Waals surface area contributed by atoms with Crippen molar-refractivity contribution in [3.05, 3.63) is 12.7 Å². The Morgan fingerprint density at radius 1 is 1.57 bits per heavy atom. The molecule has 0 radical (unpaired) electrons. The lowest BCUT2D eigenvalue weighted by Gasteiger charge is -2.29. The largest absolute Gasteiger partial charge is 0.459 e. The molecule has 1 fully saturated rings. The molecular weight excluding hydrogens is 184 g/mol. The van der Waals surface area contributed by atoms with Crippen LogP contribution in [0.1, 0.15) is 6.42 Å². The van der Waals surface area contributed by atoms with Crippen molar-refractivity contribution in [1.29, 1.82) is 0 Å². The van der Waals surface area contributed by atoms with Gasteiger partial charge in [0, 0.05) is 5.92 Å². The zero-order chi connectivity index (χ0) is 10.4. The minimum Gasteiger partial charge on any atom is -0.459 e. The molecular formula is C10H12O4. The molecule has 1 rings (SSSR count). The van der Waals surface area contributed by atoms with E-state index in [1.165, 1.54) is 13.2 Å². The number of carbonyl (C=O) groups excluding carboxylic acids is 1. The van der Waals surface area contributed by atoms with E-state index in [9.17, 15) is 4.79 Å². The van der Waals surface area contributed by atoms with Crippen LogP contribution in [0, 0.1) is 11.8 Å². The van der Waals surface area contributed by atoms with Crippen LogP contribution in [0.25, 0.3) is 0 Å². The highest BCUT2D eigenvalue weighted by Gasteiger charge is 2.29. The van der Waals surface area contributed by atoms with Crippen molar-refractivity contribution in [3.8, 4) is 11.8 Å². The molecule has 0 amide bonds. The summed E-state index contributed by atoms with van der Waals surface area (Å²) in [7, 11) is 1.26. The fourth-order valence-corrected chi connectivity index (χ4v) is 0.978. The molecule has 4 nitrogen and oxygen atoms in total. The smallest absolute Gasteiger partial charge is 0.384 e. The molecule has 1 heterocycles. The summed E-state index contributed by atoms with van der Waals surface area (Å²) in [6.45, 7) is 4.64. The zero-order valence-corrected chi connectivity index (χ0v) is 8.04. The number of rotatable bonds is 1. The molecule has 1 aliphatic rings. The molecule has 0 aromatic rings. The Kier molecular flexibility index (Phi) is 3.69. The third-order valence-corrected chi connectivity index (χ3v) is 1.71. The minimum atomic E-state index is -1.15. The van der Waals surface area contributed by atoms with Crippen molar-refractivity contribution in [2.45, 2.75) is 12.2 Å². The highest BCUT2D eigenvalue weighted by atomic mass is 16.7. The van der Waals surface area contributed by atoms with Gasteiger partial charge < -0.3 is 14.2 Å². The Bertz CT molecular complexity index is 278. The van der Waals surface area contributed by atoms with Gasteiger partial charge >= 0.3 is 5.97 Å². The van der Waals surface area contributed by atoms with Crippen LogP contribution in [0.3, 0.4) is 0 Å². The van der Waals surface area contributed by atoms with E-state index >= 15 is 0 Å². The molecule has 1 aliphatic heterocycles. The lowest BCUT2D eigenvalue weighted by atomic mass is 10.2. The summed E-state index contributed by atoms with van der Waals surface area (Å²) in [5, 5.41) is 0. The fourth-order valence-electron chi connectivity index (χ4n) is 0.978. The molecule has 4 heteroatoms. The highest BCUT2D eigenvalue weighted by Crippen LogP contribution is 2.18. The maximum atomic E-state index is 10.8. The third kappa shape index (κ3) is 2.59. The van der Waals surface area contributed by atoms with Crippen LogP contribution in [0.15, 0.2) is 12.7 Å². The van der Waals surface area contributed by atoms with E-state index in [0.717, 1.165) is 6.42 Å². The number of methoxy groups -OCH3 is 1. The SMILES string of the molecule is C=CC1(C#CC(=O)OC)OCCCO1. The Labute approximate surface area is 82.8 Å². The highest BCUT2D eigenvalue weighted by molar-refractivity contribution is 5.88. The summed E-state index contributed by atoms with van der Waals surface area (Å²) < 4.78 is 14.9. The van der Waals surface area contributed by atoms with E-state index in [-0.39, 0.29) is 0 Å². The monoisotopic (exact) mass is 196 g/mol. The fraction of sp³-hybridized carbons (Fsp3) is 0.500. The summed E-state index contributed by atoms with van der Waals surface area (Å²) in [5.41, 5.74) is 0. The van der Waals surface area contributed by atoms with E-state index < -0.39 is 11.8 Å². The number of hydrogen-bond acceptors (Lipinski definition) is 4. The van der Waals surface area contributed by atoms with Crippen molar-refractivity contribution in [2.75, 3.05) is 20.3 Å². The van der Waals surface area contributed by atoms with Crippen LogP contribution in [0.2, 0.25) is 0 Å². The summed E-state index contributed by atoms with van der Waals surface area (Å²) in [6, 6.07) is 0. The number of carbonyl (C=O) groups is 1. The molecule has 0 atom stereocenters. The summed E-state index contributed by atoms with van der Waals surface area (Å²) in [5.74, 6) is 3.04. The van der Waals surface area contributed by atoms with Gasteiger partial charge in [-0.3, -0.25) is 0 Å². The van der Waals surface area contributed by atoms with Crippen molar-refractivity contribution in [2.24, 2.45) is 0 Å². The predicted molar refractivity (Wildman–Crippen MR) is 49.2 cm³/mol. The topological polar surface area (TPSA) is 44.8 Å². The lowest BCUT2D eigenvalue weighted by Crippen LogP contribution is -2.37. The van der Waals surface area contributed by atoms with Gasteiger partial charge in [0.2, 0.25) is 0 Å². The van der Waals surface area contributed by atoms with Crippen LogP contribution >= 0.6 is 0 Å². The molecule has 0 N–H and O–H groups in total. The molecule has 0 unspecified atom stereocenters. The van der Waals surface area contributed by atoms with E-state index in [1.807, 2.05) is 0 Å². The van der Waals surface area contributed by atoms with Crippen molar-refractivity contribution in [3.63, 3.8) is 0 Å². The van der Waals surface area contributed by atoms with Gasteiger partial charge in [-0.25, -0.2) is 4.79 Å². The molecule has 14 heavy (non-hydrogen) atoms. The van der Waals surface area contributed by atoms with E-state index in [0.29, 0.717) is 13.2 Å². The van der Waals surface area contributed by atoms with E-state index in [1.54, 1.807) is 0 Å². The second-order valence-corrected chi connectivity index (χ2v) is 2.66. The van der Waals surface area contributed by atoms with Gasteiger partial charge in [0.05, 0.1) is 20.3 Å². The van der Waals surface area contributed by atoms with Gasteiger partial charge in [-0.05, 0) is 18.4 Å². The van der Waals surface area contributed by atoms with Gasteiger partial charge in [0.15, 0.2) is 0 Å². The quantitative estimate of drug-likeness (QED) is 0.265. The first-order valence-electron chi connectivity index (χ1n) is 4.25. The number of esters is 1. The first-order chi connectivity index (χ1) is 6.72. The Morgan fingerprint density at radius 3 is 2.71 bits per heavy atom. The second-order valence-electron chi connectivity index (χ2n) is 2.66. The van der Waals surface area contributed by atoms with Gasteiger partial charge in [-0.1, -0.05) is 6.58 Å². The Morgan fingerprint density at radius 2 is 2.21 bits per heavy atom. The van der Waals surface area contributed by atoms with Gasteiger partial charge in [-0.15, -0.1) is 0 Å².